The molecule has 1 unspecified atom stereocenters. The third-order valence-corrected chi connectivity index (χ3v) is 8.33. The van der Waals surface area contributed by atoms with Gasteiger partial charge in [0.1, 0.15) is 5.75 Å². The number of carbonyl (C=O) groups excluding carboxylic acids is 2. The van der Waals surface area contributed by atoms with Gasteiger partial charge in [0.05, 0.1) is 57.7 Å². The Morgan fingerprint density at radius 2 is 1.77 bits per heavy atom. The van der Waals surface area contributed by atoms with Gasteiger partial charge in [-0.25, -0.2) is 9.97 Å². The summed E-state index contributed by atoms with van der Waals surface area (Å²) >= 11 is 2.50. The molecule has 2 aromatic carbocycles. The molecule has 0 saturated carbocycles. The van der Waals surface area contributed by atoms with Crippen LogP contribution >= 0.6 is 22.7 Å². The van der Waals surface area contributed by atoms with Crippen molar-refractivity contribution in [2.24, 2.45) is 0 Å². The second-order valence-corrected chi connectivity index (χ2v) is 10.9. The summed E-state index contributed by atoms with van der Waals surface area (Å²) in [6.07, 6.45) is 0. The molecular formula is C28H27N3O6S2. The van der Waals surface area contributed by atoms with Crippen molar-refractivity contribution in [1.82, 2.24) is 9.97 Å². The second-order valence-electron chi connectivity index (χ2n) is 8.72. The number of hydrogen-bond acceptors (Lipinski definition) is 10. The van der Waals surface area contributed by atoms with Crippen LogP contribution in [0.1, 0.15) is 45.8 Å². The summed E-state index contributed by atoms with van der Waals surface area (Å²) in [6, 6.07) is 9.72. The largest absolute Gasteiger partial charge is 0.503 e. The van der Waals surface area contributed by atoms with E-state index in [0.717, 1.165) is 4.70 Å². The number of Topliss-reactive ketones (excluding diaryl/α,β-unsaturated/α-hetero) is 1. The summed E-state index contributed by atoms with van der Waals surface area (Å²) in [4.78, 5) is 38.4. The Bertz CT molecular complexity index is 1620. The van der Waals surface area contributed by atoms with E-state index in [0.29, 0.717) is 62.3 Å². The van der Waals surface area contributed by atoms with Crippen LogP contribution in [0.2, 0.25) is 0 Å². The molecule has 0 saturated heterocycles. The molecule has 1 aliphatic heterocycles. The number of benzene rings is 2. The van der Waals surface area contributed by atoms with Crippen LogP contribution in [-0.2, 0) is 4.79 Å². The van der Waals surface area contributed by atoms with Crippen LogP contribution in [0.25, 0.3) is 10.2 Å². The molecule has 3 heterocycles. The number of rotatable bonds is 9. The minimum absolute atomic E-state index is 0.0322. The predicted octanol–water partition coefficient (Wildman–Crippen LogP) is 5.96. The highest BCUT2D eigenvalue weighted by molar-refractivity contribution is 7.22. The Kier molecular flexibility index (Phi) is 7.28. The Balaban J connectivity index is 1.69. The lowest BCUT2D eigenvalue weighted by Crippen LogP contribution is -2.31. The molecule has 0 fully saturated rings. The van der Waals surface area contributed by atoms with E-state index >= 15 is 0 Å². The highest BCUT2D eigenvalue weighted by Gasteiger charge is 2.46. The summed E-state index contributed by atoms with van der Waals surface area (Å²) in [5.41, 5.74) is 1.74. The summed E-state index contributed by atoms with van der Waals surface area (Å²) < 4.78 is 17.7. The van der Waals surface area contributed by atoms with Crippen LogP contribution in [-0.4, -0.2) is 47.1 Å². The van der Waals surface area contributed by atoms with Gasteiger partial charge in [-0.2, -0.15) is 0 Å². The molecule has 39 heavy (non-hydrogen) atoms. The van der Waals surface area contributed by atoms with Crippen LogP contribution in [0, 0.1) is 13.8 Å². The molecule has 0 spiro atoms. The summed E-state index contributed by atoms with van der Waals surface area (Å²) in [5, 5.41) is 12.2. The molecule has 9 nitrogen and oxygen atoms in total. The van der Waals surface area contributed by atoms with Gasteiger partial charge in [-0.15, -0.1) is 11.3 Å². The number of aromatic nitrogens is 2. The first-order valence-electron chi connectivity index (χ1n) is 12.4. The van der Waals surface area contributed by atoms with Crippen molar-refractivity contribution in [2.75, 3.05) is 25.2 Å². The summed E-state index contributed by atoms with van der Waals surface area (Å²) in [5.74, 6) is -0.101. The maximum absolute atomic E-state index is 13.9. The third kappa shape index (κ3) is 4.72. The smallest absolute Gasteiger partial charge is 0.296 e. The van der Waals surface area contributed by atoms with Crippen molar-refractivity contribution in [1.29, 1.82) is 0 Å². The van der Waals surface area contributed by atoms with E-state index in [-0.39, 0.29) is 5.57 Å². The predicted molar refractivity (Wildman–Crippen MR) is 151 cm³/mol. The molecule has 2 aromatic heterocycles. The summed E-state index contributed by atoms with van der Waals surface area (Å²) in [6.45, 7) is 8.12. The number of ketones is 1. The monoisotopic (exact) mass is 565 g/mol. The van der Waals surface area contributed by atoms with Gasteiger partial charge in [-0.3, -0.25) is 14.5 Å². The van der Waals surface area contributed by atoms with E-state index in [1.165, 1.54) is 27.6 Å². The zero-order valence-corrected chi connectivity index (χ0v) is 23.7. The lowest BCUT2D eigenvalue weighted by atomic mass is 9.95. The van der Waals surface area contributed by atoms with Gasteiger partial charge in [-0.1, -0.05) is 17.4 Å². The van der Waals surface area contributed by atoms with E-state index in [2.05, 4.69) is 9.97 Å². The molecule has 4 aromatic rings. The lowest BCUT2D eigenvalue weighted by molar-refractivity contribution is -0.117. The van der Waals surface area contributed by atoms with Gasteiger partial charge in [0.25, 0.3) is 5.91 Å². The molecular weight excluding hydrogens is 538 g/mol. The van der Waals surface area contributed by atoms with Gasteiger partial charge in [-0.05, 0) is 63.6 Å². The van der Waals surface area contributed by atoms with Crippen molar-refractivity contribution in [2.45, 2.75) is 33.7 Å². The Morgan fingerprint density at radius 1 is 1.03 bits per heavy atom. The first-order chi connectivity index (χ1) is 18.8. The van der Waals surface area contributed by atoms with Gasteiger partial charge in [0.2, 0.25) is 5.78 Å². The van der Waals surface area contributed by atoms with Crippen molar-refractivity contribution < 1.29 is 28.9 Å². The average Bonchev–Trinajstić information content (AvgIpc) is 3.57. The van der Waals surface area contributed by atoms with E-state index in [1.54, 1.807) is 44.4 Å². The highest BCUT2D eigenvalue weighted by Crippen LogP contribution is 2.46. The van der Waals surface area contributed by atoms with E-state index in [9.17, 15) is 14.7 Å². The highest BCUT2D eigenvalue weighted by atomic mass is 32.1. The molecule has 0 radical (unpaired) electrons. The number of carbonyl (C=O) groups is 2. The normalized spacial score (nSPS) is 15.4. The zero-order valence-electron chi connectivity index (χ0n) is 22.1. The van der Waals surface area contributed by atoms with Crippen molar-refractivity contribution >= 4 is 49.7 Å². The number of nitrogens with zero attached hydrogens (tertiary/aromatic N) is 3. The van der Waals surface area contributed by atoms with Crippen LogP contribution in [0.5, 0.6) is 17.2 Å². The lowest BCUT2D eigenvalue weighted by Gasteiger charge is -2.25. The molecule has 1 amide bonds. The van der Waals surface area contributed by atoms with Crippen LogP contribution in [0.15, 0.2) is 47.7 Å². The molecule has 11 heteroatoms. The molecule has 5 rings (SSSR count). The fraction of sp³-hybridized carbons (Fsp3) is 0.286. The fourth-order valence-electron chi connectivity index (χ4n) is 4.57. The first-order valence-corrected chi connectivity index (χ1v) is 14.0. The van der Waals surface area contributed by atoms with Gasteiger partial charge >= 0.3 is 0 Å². The molecule has 202 valence electrons. The van der Waals surface area contributed by atoms with Crippen LogP contribution in [0.3, 0.4) is 0 Å². The molecule has 0 bridgehead atoms. The Hall–Kier alpha value is -3.96. The number of amides is 1. The second kappa shape index (κ2) is 10.7. The number of methoxy groups -OCH3 is 1. The van der Waals surface area contributed by atoms with Crippen molar-refractivity contribution in [3.8, 4) is 17.2 Å². The number of aryl methyl sites for hydroxylation is 2. The van der Waals surface area contributed by atoms with Gasteiger partial charge in [0, 0.05) is 0 Å². The molecule has 0 aliphatic carbocycles. The Labute approximate surface area is 233 Å². The van der Waals surface area contributed by atoms with Crippen LogP contribution in [0.4, 0.5) is 5.13 Å². The van der Waals surface area contributed by atoms with Crippen molar-refractivity contribution in [3.05, 3.63) is 68.9 Å². The SMILES string of the molecule is CCOc1ccc(C2C(C(=O)c3sc(C)nc3C)=C(O)C(=O)N2c2nc3ccc(OC)cc3s2)cc1OCC. The maximum Gasteiger partial charge on any atom is 0.296 e. The number of aliphatic hydroxyl groups is 1. The first kappa shape index (κ1) is 26.6. The molecule has 1 aliphatic rings. The maximum atomic E-state index is 13.9. The van der Waals surface area contributed by atoms with Gasteiger partial charge < -0.3 is 19.3 Å². The van der Waals surface area contributed by atoms with E-state index in [4.69, 9.17) is 14.2 Å². The zero-order chi connectivity index (χ0) is 27.8. The summed E-state index contributed by atoms with van der Waals surface area (Å²) in [7, 11) is 1.58. The number of thiazole rings is 2. The standard InChI is InChI=1S/C28H27N3O6S2/c1-6-36-19-11-8-16(12-20(19)37-7-2)23-22(24(32)26-14(3)29-15(4)38-26)25(33)27(34)31(23)28-30-18-10-9-17(35-5)13-21(18)39-28/h8-13,23,33H,6-7H2,1-5H3. The number of anilines is 1. The van der Waals surface area contributed by atoms with E-state index in [1.807, 2.05) is 26.8 Å². The quantitative estimate of drug-likeness (QED) is 0.248. The number of fused-ring (bicyclic) bond motifs is 1. The molecule has 1 N–H and O–H groups in total. The number of hydrogen-bond donors (Lipinski definition) is 1. The van der Waals surface area contributed by atoms with E-state index < -0.39 is 23.5 Å². The average molecular weight is 566 g/mol. The fourth-order valence-corrected chi connectivity index (χ4v) is 6.47. The third-order valence-electron chi connectivity index (χ3n) is 6.24. The minimum atomic E-state index is -0.954. The van der Waals surface area contributed by atoms with Crippen LogP contribution < -0.4 is 19.1 Å². The Morgan fingerprint density at radius 3 is 2.44 bits per heavy atom. The topological polar surface area (TPSA) is 111 Å². The number of aliphatic hydroxyl groups excluding tert-OH is 1. The number of ether oxygens (including phenoxy) is 3. The van der Waals surface area contributed by atoms with Crippen molar-refractivity contribution in [3.63, 3.8) is 0 Å². The van der Waals surface area contributed by atoms with Gasteiger partial charge in [0.15, 0.2) is 22.4 Å². The molecule has 1 atom stereocenters. The minimum Gasteiger partial charge on any atom is -0.503 e.